The van der Waals surface area contributed by atoms with E-state index in [4.69, 9.17) is 9.47 Å². The third kappa shape index (κ3) is 4.81. The summed E-state index contributed by atoms with van der Waals surface area (Å²) in [6.45, 7) is 10.5. The number of aryl methyl sites for hydroxylation is 1. The Labute approximate surface area is 150 Å². The van der Waals surface area contributed by atoms with Gasteiger partial charge in [0.15, 0.2) is 0 Å². The molecule has 1 aromatic carbocycles. The fourth-order valence-corrected chi connectivity index (χ4v) is 3.60. The number of morpholine rings is 1. The van der Waals surface area contributed by atoms with Crippen LogP contribution in [0.5, 0.6) is 0 Å². The molecule has 1 amide bonds. The van der Waals surface area contributed by atoms with Crippen LogP contribution in [0, 0.1) is 6.92 Å². The maximum Gasteiger partial charge on any atom is 0.249 e. The van der Waals surface area contributed by atoms with Crippen LogP contribution in [0.25, 0.3) is 0 Å². The minimum Gasteiger partial charge on any atom is -0.379 e. The van der Waals surface area contributed by atoms with Crippen molar-refractivity contribution in [3.05, 3.63) is 35.4 Å². The van der Waals surface area contributed by atoms with Crippen LogP contribution in [0.15, 0.2) is 24.3 Å². The Bertz CT molecular complexity index is 596. The lowest BCUT2D eigenvalue weighted by atomic mass is 9.92. The molecule has 0 saturated carbocycles. The molecule has 0 radical (unpaired) electrons. The first-order chi connectivity index (χ1) is 11.9. The van der Waals surface area contributed by atoms with Gasteiger partial charge in [0, 0.05) is 19.6 Å². The Balaban J connectivity index is 1.53. The molecule has 5 nitrogen and oxygen atoms in total. The number of hydrogen-bond acceptors (Lipinski definition) is 4. The van der Waals surface area contributed by atoms with E-state index in [2.05, 4.69) is 35.3 Å². The number of carbonyl (C=O) groups excluding carboxylic acids is 1. The molecule has 5 heteroatoms. The highest BCUT2D eigenvalue weighted by molar-refractivity contribution is 5.82. The second-order valence-corrected chi connectivity index (χ2v) is 7.72. The van der Waals surface area contributed by atoms with E-state index in [1.54, 1.807) is 0 Å². The summed E-state index contributed by atoms with van der Waals surface area (Å²) in [7, 11) is 0. The van der Waals surface area contributed by atoms with E-state index in [-0.39, 0.29) is 18.1 Å². The molecule has 1 aromatic rings. The second kappa shape index (κ2) is 7.85. The van der Waals surface area contributed by atoms with Crippen molar-refractivity contribution < 1.29 is 14.3 Å². The van der Waals surface area contributed by atoms with Gasteiger partial charge in [-0.15, -0.1) is 0 Å². The molecule has 138 valence electrons. The fourth-order valence-electron chi connectivity index (χ4n) is 3.60. The monoisotopic (exact) mass is 346 g/mol. The van der Waals surface area contributed by atoms with Gasteiger partial charge in [0.1, 0.15) is 6.10 Å². The van der Waals surface area contributed by atoms with E-state index in [1.165, 1.54) is 5.56 Å². The summed E-state index contributed by atoms with van der Waals surface area (Å²) in [4.78, 5) is 15.1. The normalized spacial score (nSPS) is 25.1. The van der Waals surface area contributed by atoms with Gasteiger partial charge in [-0.1, -0.05) is 29.8 Å². The third-order valence-corrected chi connectivity index (χ3v) is 5.14. The van der Waals surface area contributed by atoms with Crippen molar-refractivity contribution in [2.24, 2.45) is 0 Å². The Morgan fingerprint density at radius 3 is 2.76 bits per heavy atom. The van der Waals surface area contributed by atoms with Gasteiger partial charge in [-0.25, -0.2) is 0 Å². The SMILES string of the molecule is Cc1cccc(C(C)(C)NC(=O)[C@@H]2CC[C@H](CN3CCOCC3)O2)c1. The quantitative estimate of drug-likeness (QED) is 0.888. The number of rotatable bonds is 5. The van der Waals surface area contributed by atoms with Crippen molar-refractivity contribution in [3.8, 4) is 0 Å². The molecule has 2 aliphatic rings. The summed E-state index contributed by atoms with van der Waals surface area (Å²) in [6.07, 6.45) is 1.55. The first-order valence-corrected chi connectivity index (χ1v) is 9.29. The summed E-state index contributed by atoms with van der Waals surface area (Å²) in [5, 5.41) is 3.17. The molecule has 0 unspecified atom stereocenters. The van der Waals surface area contributed by atoms with Gasteiger partial charge < -0.3 is 14.8 Å². The van der Waals surface area contributed by atoms with Gasteiger partial charge in [0.25, 0.3) is 0 Å². The van der Waals surface area contributed by atoms with Crippen LogP contribution >= 0.6 is 0 Å². The van der Waals surface area contributed by atoms with Crippen LogP contribution in [0.3, 0.4) is 0 Å². The molecule has 0 aliphatic carbocycles. The smallest absolute Gasteiger partial charge is 0.249 e. The van der Waals surface area contributed by atoms with Crippen LogP contribution < -0.4 is 5.32 Å². The van der Waals surface area contributed by atoms with Crippen LogP contribution in [-0.4, -0.2) is 55.9 Å². The first kappa shape index (κ1) is 18.4. The molecule has 2 atom stereocenters. The lowest BCUT2D eigenvalue weighted by Crippen LogP contribution is -2.46. The van der Waals surface area contributed by atoms with E-state index in [0.717, 1.165) is 51.3 Å². The highest BCUT2D eigenvalue weighted by atomic mass is 16.5. The summed E-state index contributed by atoms with van der Waals surface area (Å²) < 4.78 is 11.4. The zero-order valence-corrected chi connectivity index (χ0v) is 15.6. The number of benzene rings is 1. The van der Waals surface area contributed by atoms with E-state index in [9.17, 15) is 4.79 Å². The average molecular weight is 346 g/mol. The van der Waals surface area contributed by atoms with Crippen LogP contribution in [-0.2, 0) is 19.8 Å². The molecule has 2 heterocycles. The lowest BCUT2D eigenvalue weighted by Gasteiger charge is -2.30. The molecular formula is C20H30N2O3. The summed E-state index contributed by atoms with van der Waals surface area (Å²) in [6, 6.07) is 8.28. The zero-order chi connectivity index (χ0) is 17.9. The largest absolute Gasteiger partial charge is 0.379 e. The van der Waals surface area contributed by atoms with Gasteiger partial charge >= 0.3 is 0 Å². The fraction of sp³-hybridized carbons (Fsp3) is 0.650. The number of amides is 1. The predicted octanol–water partition coefficient (Wildman–Crippen LogP) is 2.23. The van der Waals surface area contributed by atoms with Gasteiger partial charge in [-0.2, -0.15) is 0 Å². The number of hydrogen-bond donors (Lipinski definition) is 1. The Morgan fingerprint density at radius 1 is 1.28 bits per heavy atom. The number of ether oxygens (including phenoxy) is 2. The molecular weight excluding hydrogens is 316 g/mol. The van der Waals surface area contributed by atoms with Crippen molar-refractivity contribution in [1.29, 1.82) is 0 Å². The Morgan fingerprint density at radius 2 is 2.04 bits per heavy atom. The van der Waals surface area contributed by atoms with Crippen molar-refractivity contribution in [2.45, 2.75) is 51.4 Å². The Kier molecular flexibility index (Phi) is 5.77. The van der Waals surface area contributed by atoms with E-state index in [1.807, 2.05) is 19.9 Å². The molecule has 0 aromatic heterocycles. The van der Waals surface area contributed by atoms with Gasteiger partial charge in [-0.05, 0) is 39.2 Å². The predicted molar refractivity (Wildman–Crippen MR) is 97.5 cm³/mol. The van der Waals surface area contributed by atoms with Crippen LogP contribution in [0.4, 0.5) is 0 Å². The number of nitrogens with zero attached hydrogens (tertiary/aromatic N) is 1. The number of nitrogens with one attached hydrogen (secondary N) is 1. The maximum absolute atomic E-state index is 12.7. The topological polar surface area (TPSA) is 50.8 Å². The number of carbonyl (C=O) groups is 1. The summed E-state index contributed by atoms with van der Waals surface area (Å²) in [5.41, 5.74) is 1.90. The minimum atomic E-state index is -0.408. The third-order valence-electron chi connectivity index (χ3n) is 5.14. The van der Waals surface area contributed by atoms with E-state index >= 15 is 0 Å². The summed E-state index contributed by atoms with van der Waals surface area (Å²) in [5.74, 6) is -0.00372. The molecule has 2 aliphatic heterocycles. The van der Waals surface area contributed by atoms with E-state index < -0.39 is 5.54 Å². The molecule has 3 rings (SSSR count). The molecule has 2 saturated heterocycles. The molecule has 25 heavy (non-hydrogen) atoms. The molecule has 0 spiro atoms. The standard InChI is InChI=1S/C20H30N2O3/c1-15-5-4-6-16(13-15)20(2,3)21-19(23)18-8-7-17(25-18)14-22-9-11-24-12-10-22/h4-6,13,17-18H,7-12,14H2,1-3H3,(H,21,23)/t17-,18+/m1/s1. The van der Waals surface area contributed by atoms with Crippen LogP contribution in [0.2, 0.25) is 0 Å². The van der Waals surface area contributed by atoms with Crippen molar-refractivity contribution >= 4 is 5.91 Å². The maximum atomic E-state index is 12.7. The summed E-state index contributed by atoms with van der Waals surface area (Å²) >= 11 is 0. The van der Waals surface area contributed by atoms with Gasteiger partial charge in [0.2, 0.25) is 5.91 Å². The van der Waals surface area contributed by atoms with Crippen molar-refractivity contribution in [2.75, 3.05) is 32.8 Å². The van der Waals surface area contributed by atoms with Gasteiger partial charge in [-0.3, -0.25) is 9.69 Å². The second-order valence-electron chi connectivity index (χ2n) is 7.72. The van der Waals surface area contributed by atoms with Gasteiger partial charge in [0.05, 0.1) is 24.9 Å². The highest BCUT2D eigenvalue weighted by Crippen LogP contribution is 2.25. The molecule has 2 fully saturated rings. The lowest BCUT2D eigenvalue weighted by molar-refractivity contribution is -0.134. The molecule has 0 bridgehead atoms. The first-order valence-electron chi connectivity index (χ1n) is 9.29. The molecule has 1 N–H and O–H groups in total. The van der Waals surface area contributed by atoms with Crippen molar-refractivity contribution in [1.82, 2.24) is 10.2 Å². The van der Waals surface area contributed by atoms with E-state index in [0.29, 0.717) is 0 Å². The average Bonchev–Trinajstić information content (AvgIpc) is 3.04. The van der Waals surface area contributed by atoms with Crippen molar-refractivity contribution in [3.63, 3.8) is 0 Å². The Hall–Kier alpha value is -1.43. The minimum absolute atomic E-state index is 0.00372. The highest BCUT2D eigenvalue weighted by Gasteiger charge is 2.34. The van der Waals surface area contributed by atoms with Crippen LogP contribution in [0.1, 0.15) is 37.8 Å². The zero-order valence-electron chi connectivity index (χ0n) is 15.6.